The van der Waals surface area contributed by atoms with Gasteiger partial charge < -0.3 is 13.7 Å². The SMILES string of the molecule is c1ccc(N(c2ccc(-c3ccc(-c4cccc5ccccc45)cc3)cc2)c2cccc3oc4c5ccccc5ccc4c23)c(-c2cccc3c2oc2c4ccccc4ccc32)c1. The highest BCUT2D eigenvalue weighted by molar-refractivity contribution is 6.21. The molecule has 3 nitrogen and oxygen atoms in total. The molecule has 3 heteroatoms. The summed E-state index contributed by atoms with van der Waals surface area (Å²) in [5.74, 6) is 0. The Morgan fingerprint density at radius 1 is 0.270 bits per heavy atom. The van der Waals surface area contributed by atoms with E-state index in [9.17, 15) is 0 Å². The van der Waals surface area contributed by atoms with Gasteiger partial charge in [-0.3, -0.25) is 0 Å². The van der Waals surface area contributed by atoms with E-state index in [2.05, 4.69) is 229 Å². The topological polar surface area (TPSA) is 29.5 Å². The molecule has 0 unspecified atom stereocenters. The van der Waals surface area contributed by atoms with Gasteiger partial charge in [-0.25, -0.2) is 0 Å². The van der Waals surface area contributed by atoms with E-state index in [1.54, 1.807) is 0 Å². The van der Waals surface area contributed by atoms with E-state index in [1.807, 2.05) is 0 Å². The Morgan fingerprint density at radius 3 is 1.52 bits per heavy atom. The summed E-state index contributed by atoms with van der Waals surface area (Å²) in [4.78, 5) is 2.39. The minimum Gasteiger partial charge on any atom is -0.455 e. The number of fused-ring (bicyclic) bond motifs is 11. The second-order valence-corrected chi connectivity index (χ2v) is 16.4. The molecule has 0 atom stereocenters. The minimum absolute atomic E-state index is 0.843. The van der Waals surface area contributed by atoms with E-state index in [4.69, 9.17) is 8.83 Å². The normalized spacial score (nSPS) is 11.8. The van der Waals surface area contributed by atoms with Crippen molar-refractivity contribution in [3.63, 3.8) is 0 Å². The fourth-order valence-electron chi connectivity index (χ4n) is 9.89. The standard InChI is InChI=1S/C60H37NO2/c1-4-16-45-40(12-1)15-9-20-46(45)43-28-26-38(27-29-43)39-30-34-44(35-31-39)61(55-24-11-25-56-57(55)53-37-33-42-14-3-6-18-48(42)59(53)62-56)54-23-8-7-19-49(54)50-21-10-22-51-52-36-32-41-13-2-5-17-47(41)58(52)63-60(50)51/h1-37H. The maximum Gasteiger partial charge on any atom is 0.143 e. The zero-order chi connectivity index (χ0) is 41.4. The molecule has 63 heavy (non-hydrogen) atoms. The van der Waals surface area contributed by atoms with Gasteiger partial charge in [0.1, 0.15) is 22.3 Å². The fraction of sp³-hybridized carbons (Fsp3) is 0. The fourth-order valence-corrected chi connectivity index (χ4v) is 9.89. The van der Waals surface area contributed by atoms with Gasteiger partial charge in [-0.15, -0.1) is 0 Å². The van der Waals surface area contributed by atoms with Crippen LogP contribution in [0.1, 0.15) is 0 Å². The van der Waals surface area contributed by atoms with Crippen LogP contribution in [0, 0.1) is 0 Å². The molecule has 0 saturated heterocycles. The van der Waals surface area contributed by atoms with Crippen LogP contribution < -0.4 is 4.90 Å². The van der Waals surface area contributed by atoms with E-state index in [0.717, 1.165) is 105 Å². The van der Waals surface area contributed by atoms with Gasteiger partial charge in [0.05, 0.1) is 16.8 Å². The lowest BCUT2D eigenvalue weighted by Crippen LogP contribution is -2.11. The molecule has 0 aliphatic carbocycles. The van der Waals surface area contributed by atoms with Crippen molar-refractivity contribution >= 4 is 93.3 Å². The first-order chi connectivity index (χ1) is 31.2. The first-order valence-electron chi connectivity index (χ1n) is 21.5. The zero-order valence-corrected chi connectivity index (χ0v) is 34.1. The molecule has 294 valence electrons. The molecule has 0 amide bonds. The molecule has 0 radical (unpaired) electrons. The molecule has 13 aromatic rings. The van der Waals surface area contributed by atoms with Crippen LogP contribution in [0.2, 0.25) is 0 Å². The maximum absolute atomic E-state index is 6.94. The summed E-state index contributed by atoms with van der Waals surface area (Å²) in [6.45, 7) is 0. The number of para-hydroxylation sites is 2. The maximum atomic E-state index is 6.94. The smallest absolute Gasteiger partial charge is 0.143 e. The minimum atomic E-state index is 0.843. The third kappa shape index (κ3) is 5.60. The van der Waals surface area contributed by atoms with Gasteiger partial charge in [0.2, 0.25) is 0 Å². The summed E-state index contributed by atoms with van der Waals surface area (Å²) >= 11 is 0. The number of anilines is 3. The van der Waals surface area contributed by atoms with Crippen molar-refractivity contribution in [1.82, 2.24) is 0 Å². The Labute approximate surface area is 363 Å². The first kappa shape index (κ1) is 35.4. The highest BCUT2D eigenvalue weighted by Crippen LogP contribution is 2.49. The van der Waals surface area contributed by atoms with Crippen molar-refractivity contribution in [3.8, 4) is 33.4 Å². The first-order valence-corrected chi connectivity index (χ1v) is 21.5. The van der Waals surface area contributed by atoms with Gasteiger partial charge in [-0.1, -0.05) is 182 Å². The Bertz CT molecular complexity index is 3910. The van der Waals surface area contributed by atoms with Crippen molar-refractivity contribution < 1.29 is 8.83 Å². The van der Waals surface area contributed by atoms with Crippen LogP contribution in [0.25, 0.3) is 110 Å². The highest BCUT2D eigenvalue weighted by Gasteiger charge is 2.24. The molecule has 2 aromatic heterocycles. The number of hydrogen-bond donors (Lipinski definition) is 0. The van der Waals surface area contributed by atoms with Gasteiger partial charge in [0, 0.05) is 43.7 Å². The summed E-state index contributed by atoms with van der Waals surface area (Å²) in [6.07, 6.45) is 0. The Morgan fingerprint density at radius 2 is 0.762 bits per heavy atom. The van der Waals surface area contributed by atoms with E-state index < -0.39 is 0 Å². The van der Waals surface area contributed by atoms with Gasteiger partial charge >= 0.3 is 0 Å². The van der Waals surface area contributed by atoms with Crippen LogP contribution in [0.3, 0.4) is 0 Å². The Balaban J connectivity index is 0.994. The third-order valence-electron chi connectivity index (χ3n) is 12.9. The van der Waals surface area contributed by atoms with E-state index >= 15 is 0 Å². The average molecular weight is 804 g/mol. The summed E-state index contributed by atoms with van der Waals surface area (Å²) in [7, 11) is 0. The predicted octanol–water partition coefficient (Wildman–Crippen LogP) is 17.4. The second kappa shape index (κ2) is 14.1. The number of hydrogen-bond acceptors (Lipinski definition) is 3. The number of nitrogens with zero attached hydrogens (tertiary/aromatic N) is 1. The Hall–Kier alpha value is -8.40. The summed E-state index contributed by atoms with van der Waals surface area (Å²) < 4.78 is 13.7. The lowest BCUT2D eigenvalue weighted by atomic mass is 9.96. The van der Waals surface area contributed by atoms with Crippen molar-refractivity contribution in [2.45, 2.75) is 0 Å². The van der Waals surface area contributed by atoms with Crippen molar-refractivity contribution in [2.75, 3.05) is 4.90 Å². The second-order valence-electron chi connectivity index (χ2n) is 16.4. The molecule has 0 fully saturated rings. The van der Waals surface area contributed by atoms with Gasteiger partial charge in [0.25, 0.3) is 0 Å². The third-order valence-corrected chi connectivity index (χ3v) is 12.9. The van der Waals surface area contributed by atoms with Crippen LogP contribution in [0.15, 0.2) is 233 Å². The monoisotopic (exact) mass is 803 g/mol. The molecule has 0 saturated carbocycles. The van der Waals surface area contributed by atoms with Crippen LogP contribution in [0.4, 0.5) is 17.1 Å². The Kier molecular flexibility index (Phi) is 7.91. The summed E-state index contributed by atoms with van der Waals surface area (Å²) in [6, 6.07) is 80.4. The van der Waals surface area contributed by atoms with Crippen molar-refractivity contribution in [2.24, 2.45) is 0 Å². The van der Waals surface area contributed by atoms with Gasteiger partial charge in [-0.05, 0) is 86.3 Å². The van der Waals surface area contributed by atoms with Gasteiger partial charge in [0.15, 0.2) is 0 Å². The molecule has 0 spiro atoms. The van der Waals surface area contributed by atoms with Crippen molar-refractivity contribution in [3.05, 3.63) is 224 Å². The molecule has 0 bridgehead atoms. The molecular formula is C60H37NO2. The largest absolute Gasteiger partial charge is 0.455 e. The van der Waals surface area contributed by atoms with Crippen LogP contribution in [-0.4, -0.2) is 0 Å². The number of rotatable bonds is 6. The number of furan rings is 2. The van der Waals surface area contributed by atoms with Crippen LogP contribution in [-0.2, 0) is 0 Å². The molecule has 2 heterocycles. The van der Waals surface area contributed by atoms with Gasteiger partial charge in [-0.2, -0.15) is 0 Å². The lowest BCUT2D eigenvalue weighted by molar-refractivity contribution is 0.672. The molecule has 0 N–H and O–H groups in total. The quantitative estimate of drug-likeness (QED) is 0.168. The van der Waals surface area contributed by atoms with Crippen molar-refractivity contribution in [1.29, 1.82) is 0 Å². The predicted molar refractivity (Wildman–Crippen MR) is 265 cm³/mol. The molecule has 0 aliphatic rings. The zero-order valence-electron chi connectivity index (χ0n) is 34.1. The molecule has 0 aliphatic heterocycles. The summed E-state index contributed by atoms with van der Waals surface area (Å²) in [5, 5.41) is 11.4. The van der Waals surface area contributed by atoms with E-state index in [0.29, 0.717) is 0 Å². The lowest BCUT2D eigenvalue weighted by Gasteiger charge is -2.28. The molecule has 13 rings (SSSR count). The molecular weight excluding hydrogens is 767 g/mol. The average Bonchev–Trinajstić information content (AvgIpc) is 3.94. The van der Waals surface area contributed by atoms with E-state index in [1.165, 1.54) is 21.9 Å². The number of benzene rings is 11. The molecule has 11 aromatic carbocycles. The summed E-state index contributed by atoms with van der Waals surface area (Å²) in [5.41, 5.74) is 13.5. The van der Waals surface area contributed by atoms with Crippen LogP contribution in [0.5, 0.6) is 0 Å². The van der Waals surface area contributed by atoms with E-state index in [-0.39, 0.29) is 0 Å². The van der Waals surface area contributed by atoms with Crippen LogP contribution >= 0.6 is 0 Å². The highest BCUT2D eigenvalue weighted by atomic mass is 16.3.